The Kier molecular flexibility index (Phi) is 4.62. The summed E-state index contributed by atoms with van der Waals surface area (Å²) in [5.74, 6) is 0. The van der Waals surface area contributed by atoms with Crippen LogP contribution in [0.25, 0.3) is 0 Å². The van der Waals surface area contributed by atoms with Gasteiger partial charge in [-0.3, -0.25) is 0 Å². The van der Waals surface area contributed by atoms with Crippen molar-refractivity contribution in [3.63, 3.8) is 0 Å². The third kappa shape index (κ3) is 3.17. The predicted molar refractivity (Wildman–Crippen MR) is 68.8 cm³/mol. The highest BCUT2D eigenvalue weighted by atomic mass is 35.5. The maximum absolute atomic E-state index is 9.83. The SMILES string of the molecule is OCC1OC(Nc2ccc(Cl)cc2)C(O)C(O)C1O. The zero-order valence-electron chi connectivity index (χ0n) is 9.98. The van der Waals surface area contributed by atoms with Crippen molar-refractivity contribution in [1.29, 1.82) is 0 Å². The van der Waals surface area contributed by atoms with Crippen molar-refractivity contribution in [2.24, 2.45) is 0 Å². The number of nitrogens with one attached hydrogen (secondary N) is 1. The van der Waals surface area contributed by atoms with Gasteiger partial charge in [-0.05, 0) is 24.3 Å². The lowest BCUT2D eigenvalue weighted by Gasteiger charge is -2.40. The Bertz CT molecular complexity index is 413. The number of benzene rings is 1. The molecule has 0 radical (unpaired) electrons. The van der Waals surface area contributed by atoms with Crippen LogP contribution in [0.2, 0.25) is 5.02 Å². The largest absolute Gasteiger partial charge is 0.394 e. The topological polar surface area (TPSA) is 102 Å². The first kappa shape index (κ1) is 14.5. The summed E-state index contributed by atoms with van der Waals surface area (Å²) in [6.07, 6.45) is -5.92. The van der Waals surface area contributed by atoms with E-state index in [9.17, 15) is 15.3 Å². The van der Waals surface area contributed by atoms with Crippen LogP contribution in [0.4, 0.5) is 5.69 Å². The molecule has 5 unspecified atom stereocenters. The van der Waals surface area contributed by atoms with Crippen LogP contribution < -0.4 is 5.32 Å². The molecule has 1 fully saturated rings. The van der Waals surface area contributed by atoms with Crippen molar-refractivity contribution in [1.82, 2.24) is 0 Å². The Morgan fingerprint density at radius 1 is 1.05 bits per heavy atom. The van der Waals surface area contributed by atoms with Crippen LogP contribution in [0.5, 0.6) is 0 Å². The van der Waals surface area contributed by atoms with Gasteiger partial charge in [-0.15, -0.1) is 0 Å². The standard InChI is InChI=1S/C12H16ClNO5/c13-6-1-3-7(4-2-6)14-12-11(18)10(17)9(16)8(5-15)19-12/h1-4,8-12,14-18H,5H2. The fourth-order valence-corrected chi connectivity index (χ4v) is 2.06. The molecule has 0 aliphatic carbocycles. The predicted octanol–water partition coefficient (Wildman–Crippen LogP) is -0.448. The van der Waals surface area contributed by atoms with E-state index in [2.05, 4.69) is 5.32 Å². The molecule has 1 aromatic carbocycles. The normalized spacial score (nSPS) is 35.1. The Hall–Kier alpha value is -0.890. The minimum atomic E-state index is -1.39. The molecule has 1 saturated heterocycles. The highest BCUT2D eigenvalue weighted by Crippen LogP contribution is 2.23. The van der Waals surface area contributed by atoms with E-state index < -0.39 is 37.3 Å². The fourth-order valence-electron chi connectivity index (χ4n) is 1.93. The van der Waals surface area contributed by atoms with E-state index in [1.165, 1.54) is 0 Å². The molecule has 0 aromatic heterocycles. The average Bonchev–Trinajstić information content (AvgIpc) is 2.42. The number of rotatable bonds is 3. The molecule has 6 nitrogen and oxygen atoms in total. The maximum Gasteiger partial charge on any atom is 0.157 e. The number of ether oxygens (including phenoxy) is 1. The lowest BCUT2D eigenvalue weighted by Crippen LogP contribution is -2.60. The molecule has 5 N–H and O–H groups in total. The molecular weight excluding hydrogens is 274 g/mol. The van der Waals surface area contributed by atoms with Crippen molar-refractivity contribution in [2.75, 3.05) is 11.9 Å². The summed E-state index contributed by atoms with van der Waals surface area (Å²) in [6.45, 7) is -0.455. The third-order valence-corrected chi connectivity index (χ3v) is 3.30. The van der Waals surface area contributed by atoms with Crippen molar-refractivity contribution in [3.05, 3.63) is 29.3 Å². The zero-order chi connectivity index (χ0) is 14.0. The molecule has 0 saturated carbocycles. The Morgan fingerprint density at radius 3 is 2.26 bits per heavy atom. The molecule has 0 spiro atoms. The molecule has 106 valence electrons. The molecule has 19 heavy (non-hydrogen) atoms. The molecule has 1 heterocycles. The second-order valence-electron chi connectivity index (χ2n) is 4.40. The molecule has 0 amide bonds. The van der Waals surface area contributed by atoms with Gasteiger partial charge in [0.1, 0.15) is 24.4 Å². The van der Waals surface area contributed by atoms with E-state index in [0.29, 0.717) is 10.7 Å². The summed E-state index contributed by atoms with van der Waals surface area (Å²) in [4.78, 5) is 0. The van der Waals surface area contributed by atoms with Gasteiger partial charge in [-0.1, -0.05) is 11.6 Å². The summed E-state index contributed by atoms with van der Waals surface area (Å²) in [5, 5.41) is 41.6. The molecule has 7 heteroatoms. The molecular formula is C12H16ClNO5. The van der Waals surface area contributed by atoms with E-state index in [1.54, 1.807) is 24.3 Å². The van der Waals surface area contributed by atoms with Gasteiger partial charge in [0.2, 0.25) is 0 Å². The summed E-state index contributed by atoms with van der Waals surface area (Å²) in [5.41, 5.74) is 0.633. The Morgan fingerprint density at radius 2 is 1.68 bits per heavy atom. The van der Waals surface area contributed by atoms with Crippen molar-refractivity contribution in [3.8, 4) is 0 Å². The minimum absolute atomic E-state index is 0.455. The van der Waals surface area contributed by atoms with Crippen LogP contribution >= 0.6 is 11.6 Å². The first-order chi connectivity index (χ1) is 9.02. The zero-order valence-corrected chi connectivity index (χ0v) is 10.7. The highest BCUT2D eigenvalue weighted by molar-refractivity contribution is 6.30. The highest BCUT2D eigenvalue weighted by Gasteiger charge is 2.43. The molecule has 0 bridgehead atoms. The molecule has 1 aliphatic heterocycles. The summed E-state index contributed by atoms with van der Waals surface area (Å²) < 4.78 is 5.31. The summed E-state index contributed by atoms with van der Waals surface area (Å²) >= 11 is 5.76. The van der Waals surface area contributed by atoms with Crippen molar-refractivity contribution >= 4 is 17.3 Å². The number of halogens is 1. The quantitative estimate of drug-likeness (QED) is 0.517. The number of anilines is 1. The number of aliphatic hydroxyl groups excluding tert-OH is 4. The van der Waals surface area contributed by atoms with Gasteiger partial charge >= 0.3 is 0 Å². The van der Waals surface area contributed by atoms with E-state index in [-0.39, 0.29) is 0 Å². The van der Waals surface area contributed by atoms with Crippen LogP contribution in [0.3, 0.4) is 0 Å². The lowest BCUT2D eigenvalue weighted by molar-refractivity contribution is -0.221. The summed E-state index contributed by atoms with van der Waals surface area (Å²) in [7, 11) is 0. The smallest absolute Gasteiger partial charge is 0.157 e. The maximum atomic E-state index is 9.83. The van der Waals surface area contributed by atoms with Gasteiger partial charge < -0.3 is 30.5 Å². The van der Waals surface area contributed by atoms with Gasteiger partial charge in [0, 0.05) is 10.7 Å². The van der Waals surface area contributed by atoms with Gasteiger partial charge in [0.25, 0.3) is 0 Å². The summed E-state index contributed by atoms with van der Waals surface area (Å²) in [6, 6.07) is 6.69. The first-order valence-corrected chi connectivity index (χ1v) is 6.23. The van der Waals surface area contributed by atoms with Crippen LogP contribution in [-0.4, -0.2) is 57.7 Å². The second-order valence-corrected chi connectivity index (χ2v) is 4.84. The molecule has 1 aliphatic rings. The van der Waals surface area contributed by atoms with Crippen molar-refractivity contribution in [2.45, 2.75) is 30.6 Å². The molecule has 5 atom stereocenters. The van der Waals surface area contributed by atoms with E-state index in [4.69, 9.17) is 21.4 Å². The second kappa shape index (κ2) is 6.04. The van der Waals surface area contributed by atoms with Gasteiger partial charge in [-0.25, -0.2) is 0 Å². The van der Waals surface area contributed by atoms with Gasteiger partial charge in [0.15, 0.2) is 6.23 Å². The van der Waals surface area contributed by atoms with Gasteiger partial charge in [-0.2, -0.15) is 0 Å². The van der Waals surface area contributed by atoms with Crippen molar-refractivity contribution < 1.29 is 25.2 Å². The van der Waals surface area contributed by atoms with Crippen LogP contribution in [0.15, 0.2) is 24.3 Å². The Balaban J connectivity index is 2.08. The molecule has 1 aromatic rings. The van der Waals surface area contributed by atoms with Gasteiger partial charge in [0.05, 0.1) is 6.61 Å². The molecule has 2 rings (SSSR count). The monoisotopic (exact) mass is 289 g/mol. The average molecular weight is 290 g/mol. The third-order valence-electron chi connectivity index (χ3n) is 3.05. The van der Waals surface area contributed by atoms with E-state index in [0.717, 1.165) is 0 Å². The first-order valence-electron chi connectivity index (χ1n) is 5.85. The van der Waals surface area contributed by atoms with Crippen LogP contribution in [0.1, 0.15) is 0 Å². The Labute approximate surface area is 115 Å². The minimum Gasteiger partial charge on any atom is -0.394 e. The fraction of sp³-hybridized carbons (Fsp3) is 0.500. The van der Waals surface area contributed by atoms with E-state index in [1.807, 2.05) is 0 Å². The van der Waals surface area contributed by atoms with Crippen LogP contribution in [0, 0.1) is 0 Å². The number of hydrogen-bond donors (Lipinski definition) is 5. The lowest BCUT2D eigenvalue weighted by atomic mass is 9.98. The number of aliphatic hydroxyl groups is 4. The van der Waals surface area contributed by atoms with E-state index >= 15 is 0 Å². The number of hydrogen-bond acceptors (Lipinski definition) is 6. The van der Waals surface area contributed by atoms with Crippen LogP contribution in [-0.2, 0) is 4.74 Å².